The van der Waals surface area contributed by atoms with Crippen LogP contribution in [-0.2, 0) is 16.0 Å². The van der Waals surface area contributed by atoms with Crippen LogP contribution in [0.1, 0.15) is 88.7 Å². The lowest BCUT2D eigenvalue weighted by Crippen LogP contribution is -2.23. The molecule has 0 radical (unpaired) electrons. The zero-order valence-corrected chi connectivity index (χ0v) is 15.5. The Bertz CT molecular complexity index is 540. The predicted octanol–water partition coefficient (Wildman–Crippen LogP) is 4.37. The normalized spacial score (nSPS) is 12.2. The highest BCUT2D eigenvalue weighted by atomic mass is 16.4. The molecule has 1 heterocycles. The van der Waals surface area contributed by atoms with Gasteiger partial charge in [-0.15, -0.1) is 0 Å². The van der Waals surface area contributed by atoms with Gasteiger partial charge in [0.1, 0.15) is 11.9 Å². The van der Waals surface area contributed by atoms with Crippen LogP contribution in [-0.4, -0.2) is 31.7 Å². The Balaban J connectivity index is 2.43. The molecule has 142 valence electrons. The number of aliphatic carboxylic acids is 2. The molecule has 0 aliphatic heterocycles. The number of imidazole rings is 1. The maximum absolute atomic E-state index is 11.4. The summed E-state index contributed by atoms with van der Waals surface area (Å²) in [6.07, 6.45) is 12.9. The van der Waals surface area contributed by atoms with Crippen LogP contribution in [0.5, 0.6) is 0 Å². The molecule has 0 saturated heterocycles. The van der Waals surface area contributed by atoms with Crippen molar-refractivity contribution in [3.05, 3.63) is 17.7 Å². The standard InChI is InChI=1S/C19H32N2O4/c1-3-4-5-6-7-8-9-10-11-12-17-20-15(2)14-21(17)16(19(24)25)13-18(22)23/h14,16H,3-13H2,1-2H3,(H,22,23)(H,24,25). The largest absolute Gasteiger partial charge is 0.481 e. The van der Waals surface area contributed by atoms with Crippen molar-refractivity contribution in [3.63, 3.8) is 0 Å². The van der Waals surface area contributed by atoms with Crippen molar-refractivity contribution in [1.29, 1.82) is 0 Å². The van der Waals surface area contributed by atoms with E-state index < -0.39 is 24.4 Å². The second kappa shape index (κ2) is 11.7. The van der Waals surface area contributed by atoms with E-state index in [0.29, 0.717) is 12.2 Å². The highest BCUT2D eigenvalue weighted by molar-refractivity contribution is 5.79. The minimum atomic E-state index is -1.13. The van der Waals surface area contributed by atoms with E-state index in [0.717, 1.165) is 18.5 Å². The van der Waals surface area contributed by atoms with Crippen LogP contribution in [0.3, 0.4) is 0 Å². The summed E-state index contributed by atoms with van der Waals surface area (Å²) in [5.41, 5.74) is 0.725. The molecule has 0 aliphatic carbocycles. The van der Waals surface area contributed by atoms with Crippen molar-refractivity contribution in [2.45, 2.75) is 90.5 Å². The number of hydrogen-bond donors (Lipinski definition) is 2. The van der Waals surface area contributed by atoms with Gasteiger partial charge >= 0.3 is 11.9 Å². The van der Waals surface area contributed by atoms with Gasteiger partial charge in [0, 0.05) is 12.6 Å². The Hall–Kier alpha value is -1.85. The lowest BCUT2D eigenvalue weighted by Gasteiger charge is -2.15. The highest BCUT2D eigenvalue weighted by Gasteiger charge is 2.25. The molecule has 0 saturated carbocycles. The first-order chi connectivity index (χ1) is 12.0. The number of carbonyl (C=O) groups is 2. The van der Waals surface area contributed by atoms with Gasteiger partial charge in [-0.25, -0.2) is 9.78 Å². The van der Waals surface area contributed by atoms with Gasteiger partial charge < -0.3 is 14.8 Å². The SMILES string of the molecule is CCCCCCCCCCCc1nc(C)cn1C(CC(=O)O)C(=O)O. The molecule has 6 nitrogen and oxygen atoms in total. The quantitative estimate of drug-likeness (QED) is 0.485. The van der Waals surface area contributed by atoms with Gasteiger partial charge in [-0.05, 0) is 13.3 Å². The first-order valence-corrected chi connectivity index (χ1v) is 9.44. The summed E-state index contributed by atoms with van der Waals surface area (Å²) in [5.74, 6) is -1.57. The molecular formula is C19H32N2O4. The maximum atomic E-state index is 11.4. The fourth-order valence-electron chi connectivity index (χ4n) is 3.08. The van der Waals surface area contributed by atoms with Gasteiger partial charge in [0.25, 0.3) is 0 Å². The lowest BCUT2D eigenvalue weighted by atomic mass is 10.1. The van der Waals surface area contributed by atoms with Crippen molar-refractivity contribution in [2.75, 3.05) is 0 Å². The Morgan fingerprint density at radius 3 is 2.12 bits per heavy atom. The summed E-state index contributed by atoms with van der Waals surface area (Å²) in [6.45, 7) is 4.02. The van der Waals surface area contributed by atoms with Crippen LogP contribution < -0.4 is 0 Å². The van der Waals surface area contributed by atoms with E-state index in [4.69, 9.17) is 5.11 Å². The average molecular weight is 352 g/mol. The van der Waals surface area contributed by atoms with Crippen molar-refractivity contribution < 1.29 is 19.8 Å². The monoisotopic (exact) mass is 352 g/mol. The number of carboxylic acids is 2. The number of hydrogen-bond acceptors (Lipinski definition) is 3. The summed E-state index contributed by atoms with van der Waals surface area (Å²) < 4.78 is 1.52. The van der Waals surface area contributed by atoms with Gasteiger partial charge in [0.2, 0.25) is 0 Å². The summed E-state index contributed by atoms with van der Waals surface area (Å²) >= 11 is 0. The summed E-state index contributed by atoms with van der Waals surface area (Å²) in [7, 11) is 0. The van der Waals surface area contributed by atoms with Gasteiger partial charge in [0.15, 0.2) is 0 Å². The number of unbranched alkanes of at least 4 members (excludes halogenated alkanes) is 8. The van der Waals surface area contributed by atoms with E-state index in [-0.39, 0.29) is 0 Å². The number of carboxylic acid groups (broad SMARTS) is 2. The third-order valence-corrected chi connectivity index (χ3v) is 4.42. The minimum Gasteiger partial charge on any atom is -0.481 e. The van der Waals surface area contributed by atoms with Crippen LogP contribution in [0.4, 0.5) is 0 Å². The summed E-state index contributed by atoms with van der Waals surface area (Å²) in [6, 6.07) is -1.09. The molecule has 0 spiro atoms. The van der Waals surface area contributed by atoms with Gasteiger partial charge in [0.05, 0.1) is 12.1 Å². The van der Waals surface area contributed by atoms with E-state index in [9.17, 15) is 14.7 Å². The lowest BCUT2D eigenvalue weighted by molar-refractivity contribution is -0.147. The third kappa shape index (κ3) is 8.18. The molecule has 6 heteroatoms. The van der Waals surface area contributed by atoms with Crippen molar-refractivity contribution in [3.8, 4) is 0 Å². The Labute approximate surface area is 150 Å². The van der Waals surface area contributed by atoms with E-state index in [1.165, 1.54) is 49.5 Å². The first kappa shape index (κ1) is 21.2. The fourth-order valence-corrected chi connectivity index (χ4v) is 3.08. The summed E-state index contributed by atoms with van der Waals surface area (Å²) in [5, 5.41) is 18.3. The second-order valence-electron chi connectivity index (χ2n) is 6.74. The molecular weight excluding hydrogens is 320 g/mol. The van der Waals surface area contributed by atoms with Gasteiger partial charge in [-0.1, -0.05) is 58.3 Å². The van der Waals surface area contributed by atoms with Gasteiger partial charge in [-0.2, -0.15) is 0 Å². The van der Waals surface area contributed by atoms with E-state index in [1.807, 2.05) is 0 Å². The Morgan fingerprint density at radius 2 is 1.60 bits per heavy atom. The molecule has 1 aromatic heterocycles. The van der Waals surface area contributed by atoms with E-state index in [1.54, 1.807) is 13.1 Å². The molecule has 0 fully saturated rings. The van der Waals surface area contributed by atoms with Crippen LogP contribution in [0.25, 0.3) is 0 Å². The van der Waals surface area contributed by atoms with Crippen molar-refractivity contribution in [1.82, 2.24) is 9.55 Å². The van der Waals surface area contributed by atoms with Crippen molar-refractivity contribution >= 4 is 11.9 Å². The topological polar surface area (TPSA) is 92.4 Å². The molecule has 0 bridgehead atoms. The molecule has 1 atom stereocenters. The second-order valence-corrected chi connectivity index (χ2v) is 6.74. The Kier molecular flexibility index (Phi) is 9.88. The smallest absolute Gasteiger partial charge is 0.327 e. The molecule has 0 aromatic carbocycles. The predicted molar refractivity (Wildman–Crippen MR) is 96.8 cm³/mol. The molecule has 0 aliphatic rings. The molecule has 1 rings (SSSR count). The molecule has 25 heavy (non-hydrogen) atoms. The van der Waals surface area contributed by atoms with Gasteiger partial charge in [-0.3, -0.25) is 4.79 Å². The Morgan fingerprint density at radius 1 is 1.04 bits per heavy atom. The molecule has 1 aromatic rings. The number of rotatable bonds is 14. The average Bonchev–Trinajstić information content (AvgIpc) is 2.91. The van der Waals surface area contributed by atoms with E-state index in [2.05, 4.69) is 11.9 Å². The maximum Gasteiger partial charge on any atom is 0.327 e. The van der Waals surface area contributed by atoms with Crippen molar-refractivity contribution in [2.24, 2.45) is 0 Å². The number of aryl methyl sites for hydroxylation is 2. The van der Waals surface area contributed by atoms with Crippen LogP contribution >= 0.6 is 0 Å². The number of nitrogens with zero attached hydrogens (tertiary/aromatic N) is 2. The summed E-state index contributed by atoms with van der Waals surface area (Å²) in [4.78, 5) is 26.7. The number of aromatic nitrogens is 2. The molecule has 1 unspecified atom stereocenters. The fraction of sp³-hybridized carbons (Fsp3) is 0.737. The zero-order chi connectivity index (χ0) is 18.7. The third-order valence-electron chi connectivity index (χ3n) is 4.42. The van der Waals surface area contributed by atoms with Crippen LogP contribution in [0.2, 0.25) is 0 Å². The highest BCUT2D eigenvalue weighted by Crippen LogP contribution is 2.19. The molecule has 0 amide bonds. The van der Waals surface area contributed by atoms with Crippen LogP contribution in [0.15, 0.2) is 6.20 Å². The first-order valence-electron chi connectivity index (χ1n) is 9.44. The minimum absolute atomic E-state index is 0.435. The zero-order valence-electron chi connectivity index (χ0n) is 15.5. The molecule has 2 N–H and O–H groups in total. The van der Waals surface area contributed by atoms with Crippen LogP contribution in [0, 0.1) is 6.92 Å². The van der Waals surface area contributed by atoms with E-state index >= 15 is 0 Å².